The van der Waals surface area contributed by atoms with Crippen LogP contribution < -0.4 is 5.32 Å². The number of aliphatic hydroxyl groups is 1. The zero-order valence-corrected chi connectivity index (χ0v) is 12.3. The number of anilines is 1. The van der Waals surface area contributed by atoms with Gasteiger partial charge in [-0.2, -0.15) is 10.4 Å². The number of hydrogen-bond donors (Lipinski definition) is 2. The molecule has 0 aliphatic rings. The molecule has 0 aliphatic heterocycles. The third-order valence-electron chi connectivity index (χ3n) is 2.54. The van der Waals surface area contributed by atoms with Crippen molar-refractivity contribution in [2.24, 2.45) is 0 Å². The van der Waals surface area contributed by atoms with Crippen molar-refractivity contribution >= 4 is 40.6 Å². The Bertz CT molecular complexity index is 678. The van der Waals surface area contributed by atoms with E-state index in [2.05, 4.69) is 10.4 Å². The van der Waals surface area contributed by atoms with Crippen LogP contribution in [0.25, 0.3) is 5.69 Å². The highest BCUT2D eigenvalue weighted by Crippen LogP contribution is 2.35. The SMILES string of the molecule is N#Cc1cnn(-c2ccc(Cl)c(Cl)c2Cl)c1NCCO. The first-order valence-electron chi connectivity index (χ1n) is 5.57. The molecule has 0 atom stereocenters. The van der Waals surface area contributed by atoms with Gasteiger partial charge in [0.1, 0.15) is 17.5 Å². The number of hydrogen-bond acceptors (Lipinski definition) is 4. The second kappa shape index (κ2) is 6.33. The molecule has 20 heavy (non-hydrogen) atoms. The molecule has 0 aliphatic carbocycles. The summed E-state index contributed by atoms with van der Waals surface area (Å²) in [7, 11) is 0. The van der Waals surface area contributed by atoms with Crippen LogP contribution in [0.5, 0.6) is 0 Å². The van der Waals surface area contributed by atoms with Crippen LogP contribution in [0.4, 0.5) is 5.82 Å². The third-order valence-corrected chi connectivity index (χ3v) is 3.82. The Morgan fingerprint density at radius 2 is 2.05 bits per heavy atom. The largest absolute Gasteiger partial charge is 0.395 e. The van der Waals surface area contributed by atoms with E-state index in [9.17, 15) is 0 Å². The van der Waals surface area contributed by atoms with Gasteiger partial charge in [0.2, 0.25) is 0 Å². The van der Waals surface area contributed by atoms with Gasteiger partial charge in [-0.25, -0.2) is 4.68 Å². The van der Waals surface area contributed by atoms with E-state index in [1.165, 1.54) is 10.9 Å². The Hall–Kier alpha value is -1.45. The predicted octanol–water partition coefficient (Wildman–Crippen LogP) is 3.11. The van der Waals surface area contributed by atoms with Crippen LogP contribution in [-0.4, -0.2) is 28.0 Å². The number of nitrogens with one attached hydrogen (secondary N) is 1. The van der Waals surface area contributed by atoms with E-state index in [0.717, 1.165) is 0 Å². The number of aliphatic hydroxyl groups excluding tert-OH is 1. The second-order valence-corrected chi connectivity index (χ2v) is 4.94. The maximum atomic E-state index is 9.06. The van der Waals surface area contributed by atoms with Gasteiger partial charge in [-0.05, 0) is 12.1 Å². The summed E-state index contributed by atoms with van der Waals surface area (Å²) in [4.78, 5) is 0. The number of nitrogens with zero attached hydrogens (tertiary/aromatic N) is 3. The Labute approximate surface area is 130 Å². The summed E-state index contributed by atoms with van der Waals surface area (Å²) in [5.74, 6) is 0.432. The molecule has 0 radical (unpaired) electrons. The number of halogens is 3. The molecule has 1 heterocycles. The highest BCUT2D eigenvalue weighted by molar-refractivity contribution is 6.48. The molecule has 0 saturated carbocycles. The number of nitriles is 1. The second-order valence-electron chi connectivity index (χ2n) is 3.78. The first-order chi connectivity index (χ1) is 9.60. The predicted molar refractivity (Wildman–Crippen MR) is 78.9 cm³/mol. The summed E-state index contributed by atoms with van der Waals surface area (Å²) >= 11 is 18.0. The number of benzene rings is 1. The smallest absolute Gasteiger partial charge is 0.147 e. The molecule has 0 saturated heterocycles. The fourth-order valence-electron chi connectivity index (χ4n) is 1.64. The van der Waals surface area contributed by atoms with Crippen molar-refractivity contribution in [1.82, 2.24) is 9.78 Å². The standard InChI is InChI=1S/C12H9Cl3N4O/c13-8-1-2-9(11(15)10(8)14)19-12(17-3-4-20)7(5-16)6-18-19/h1-2,6,17,20H,3-4H2. The van der Waals surface area contributed by atoms with Crippen molar-refractivity contribution in [3.05, 3.63) is 39.0 Å². The van der Waals surface area contributed by atoms with Gasteiger partial charge in [0, 0.05) is 6.54 Å². The Morgan fingerprint density at radius 1 is 1.30 bits per heavy atom. The van der Waals surface area contributed by atoms with Crippen LogP contribution in [0.1, 0.15) is 5.56 Å². The molecule has 2 N–H and O–H groups in total. The molecular weight excluding hydrogens is 323 g/mol. The molecule has 5 nitrogen and oxygen atoms in total. The van der Waals surface area contributed by atoms with Gasteiger partial charge in [-0.1, -0.05) is 34.8 Å². The lowest BCUT2D eigenvalue weighted by Crippen LogP contribution is -2.11. The first kappa shape index (κ1) is 14.9. The average molecular weight is 332 g/mol. The highest BCUT2D eigenvalue weighted by atomic mass is 35.5. The van der Waals surface area contributed by atoms with Crippen LogP contribution in [0, 0.1) is 11.3 Å². The fraction of sp³-hybridized carbons (Fsp3) is 0.167. The molecule has 8 heteroatoms. The Balaban J connectivity index is 2.56. The summed E-state index contributed by atoms with van der Waals surface area (Å²) in [5, 5.41) is 25.7. The van der Waals surface area contributed by atoms with Gasteiger partial charge in [0.25, 0.3) is 0 Å². The molecule has 1 aromatic heterocycles. The minimum absolute atomic E-state index is 0.0782. The van der Waals surface area contributed by atoms with Crippen LogP contribution in [-0.2, 0) is 0 Å². The summed E-state index contributed by atoms with van der Waals surface area (Å²) in [6.07, 6.45) is 1.40. The van der Waals surface area contributed by atoms with E-state index < -0.39 is 0 Å². The van der Waals surface area contributed by atoms with E-state index >= 15 is 0 Å². The monoisotopic (exact) mass is 330 g/mol. The van der Waals surface area contributed by atoms with Crippen molar-refractivity contribution in [1.29, 1.82) is 5.26 Å². The maximum Gasteiger partial charge on any atom is 0.147 e. The molecular formula is C12H9Cl3N4O. The van der Waals surface area contributed by atoms with Gasteiger partial charge in [-0.15, -0.1) is 0 Å². The minimum atomic E-state index is -0.0782. The van der Waals surface area contributed by atoms with Gasteiger partial charge < -0.3 is 10.4 Å². The summed E-state index contributed by atoms with van der Waals surface area (Å²) in [6.45, 7) is 0.199. The van der Waals surface area contributed by atoms with Crippen LogP contribution in [0.15, 0.2) is 18.3 Å². The fourth-order valence-corrected chi connectivity index (χ4v) is 2.25. The van der Waals surface area contributed by atoms with Gasteiger partial charge in [-0.3, -0.25) is 0 Å². The molecule has 0 fully saturated rings. The third kappa shape index (κ3) is 2.69. The lowest BCUT2D eigenvalue weighted by atomic mass is 10.3. The normalized spacial score (nSPS) is 10.3. The molecule has 0 bridgehead atoms. The quantitative estimate of drug-likeness (QED) is 0.844. The van der Waals surface area contributed by atoms with E-state index in [4.69, 9.17) is 45.2 Å². The van der Waals surface area contributed by atoms with Gasteiger partial charge >= 0.3 is 0 Å². The van der Waals surface area contributed by atoms with E-state index in [1.54, 1.807) is 12.1 Å². The minimum Gasteiger partial charge on any atom is -0.395 e. The number of aromatic nitrogens is 2. The maximum absolute atomic E-state index is 9.06. The first-order valence-corrected chi connectivity index (χ1v) is 6.70. The topological polar surface area (TPSA) is 73.9 Å². The lowest BCUT2D eigenvalue weighted by molar-refractivity contribution is 0.311. The lowest BCUT2D eigenvalue weighted by Gasteiger charge is -2.12. The molecule has 2 rings (SSSR count). The summed E-state index contributed by atoms with van der Waals surface area (Å²) < 4.78 is 1.44. The molecule has 104 valence electrons. The van der Waals surface area contributed by atoms with Crippen LogP contribution in [0.2, 0.25) is 15.1 Å². The average Bonchev–Trinajstić information content (AvgIpc) is 2.85. The van der Waals surface area contributed by atoms with E-state index in [-0.39, 0.29) is 23.2 Å². The molecule has 1 aromatic carbocycles. The van der Waals surface area contributed by atoms with E-state index in [0.29, 0.717) is 22.1 Å². The molecule has 0 amide bonds. The molecule has 2 aromatic rings. The summed E-state index contributed by atoms with van der Waals surface area (Å²) in [6, 6.07) is 5.25. The Morgan fingerprint density at radius 3 is 2.70 bits per heavy atom. The van der Waals surface area contributed by atoms with Crippen molar-refractivity contribution in [2.75, 3.05) is 18.5 Å². The summed E-state index contributed by atoms with van der Waals surface area (Å²) in [5.41, 5.74) is 0.823. The molecule has 0 unspecified atom stereocenters. The van der Waals surface area contributed by atoms with Crippen LogP contribution in [0.3, 0.4) is 0 Å². The zero-order valence-electron chi connectivity index (χ0n) is 10.1. The van der Waals surface area contributed by atoms with E-state index in [1.807, 2.05) is 6.07 Å². The number of rotatable bonds is 4. The van der Waals surface area contributed by atoms with Crippen molar-refractivity contribution < 1.29 is 5.11 Å². The van der Waals surface area contributed by atoms with Gasteiger partial charge in [0.05, 0.1) is 33.6 Å². The van der Waals surface area contributed by atoms with Crippen molar-refractivity contribution in [3.63, 3.8) is 0 Å². The van der Waals surface area contributed by atoms with Crippen LogP contribution >= 0.6 is 34.8 Å². The molecule has 0 spiro atoms. The highest BCUT2D eigenvalue weighted by Gasteiger charge is 2.16. The Kier molecular flexibility index (Phi) is 4.73. The zero-order chi connectivity index (χ0) is 14.7. The van der Waals surface area contributed by atoms with Crippen molar-refractivity contribution in [3.8, 4) is 11.8 Å². The van der Waals surface area contributed by atoms with Crippen molar-refractivity contribution in [2.45, 2.75) is 0 Å². The van der Waals surface area contributed by atoms with Gasteiger partial charge in [0.15, 0.2) is 0 Å².